The van der Waals surface area contributed by atoms with Crippen molar-refractivity contribution in [3.05, 3.63) is 64.2 Å². The molecule has 4 heteroatoms. The highest BCUT2D eigenvalue weighted by Gasteiger charge is 2.19. The van der Waals surface area contributed by atoms with Gasteiger partial charge < -0.3 is 4.74 Å². The summed E-state index contributed by atoms with van der Waals surface area (Å²) in [6.45, 7) is 2.02. The van der Waals surface area contributed by atoms with Crippen molar-refractivity contribution in [2.24, 2.45) is 5.84 Å². The molecule has 0 aliphatic rings. The van der Waals surface area contributed by atoms with Gasteiger partial charge in [0, 0.05) is 10.6 Å². The molecule has 0 spiro atoms. The van der Waals surface area contributed by atoms with Crippen LogP contribution in [0.4, 0.5) is 0 Å². The van der Waals surface area contributed by atoms with Crippen LogP contribution in [0.5, 0.6) is 5.75 Å². The second-order valence-corrected chi connectivity index (χ2v) is 4.77. The molecular formula is C15H17ClN2O. The summed E-state index contributed by atoms with van der Waals surface area (Å²) >= 11 is 6.24. The number of nitrogens with two attached hydrogens (primary N) is 1. The molecule has 0 saturated carbocycles. The fraction of sp³-hybridized carbons (Fsp3) is 0.200. The molecule has 0 bridgehead atoms. The first-order valence-electron chi connectivity index (χ1n) is 6.02. The van der Waals surface area contributed by atoms with Gasteiger partial charge in [-0.1, -0.05) is 41.9 Å². The van der Waals surface area contributed by atoms with Crippen LogP contribution in [0.15, 0.2) is 42.5 Å². The predicted molar refractivity (Wildman–Crippen MR) is 78.3 cm³/mol. The lowest BCUT2D eigenvalue weighted by molar-refractivity contribution is 0.404. The van der Waals surface area contributed by atoms with Crippen LogP contribution < -0.4 is 16.0 Å². The van der Waals surface area contributed by atoms with E-state index in [2.05, 4.69) is 5.43 Å². The SMILES string of the molecule is COc1cc(C)ccc1C(NN)c1ccccc1Cl. The normalized spacial score (nSPS) is 12.2. The second-order valence-electron chi connectivity index (χ2n) is 4.37. The average Bonchev–Trinajstić information content (AvgIpc) is 2.43. The fourth-order valence-electron chi connectivity index (χ4n) is 2.11. The van der Waals surface area contributed by atoms with E-state index in [4.69, 9.17) is 22.2 Å². The first-order valence-corrected chi connectivity index (χ1v) is 6.40. The van der Waals surface area contributed by atoms with E-state index in [0.29, 0.717) is 5.02 Å². The van der Waals surface area contributed by atoms with E-state index in [0.717, 1.165) is 22.4 Å². The van der Waals surface area contributed by atoms with Crippen molar-refractivity contribution in [2.75, 3.05) is 7.11 Å². The number of hydrogen-bond donors (Lipinski definition) is 2. The topological polar surface area (TPSA) is 47.3 Å². The van der Waals surface area contributed by atoms with E-state index in [1.807, 2.05) is 49.4 Å². The largest absolute Gasteiger partial charge is 0.496 e. The first kappa shape index (κ1) is 13.9. The van der Waals surface area contributed by atoms with Crippen LogP contribution in [0.25, 0.3) is 0 Å². The van der Waals surface area contributed by atoms with Crippen molar-refractivity contribution < 1.29 is 4.74 Å². The first-order chi connectivity index (χ1) is 9.17. The van der Waals surface area contributed by atoms with Crippen LogP contribution in [0.3, 0.4) is 0 Å². The Balaban J connectivity index is 2.51. The number of ether oxygens (including phenoxy) is 1. The molecule has 0 saturated heterocycles. The molecule has 0 aliphatic carbocycles. The molecule has 1 atom stereocenters. The van der Waals surface area contributed by atoms with Gasteiger partial charge >= 0.3 is 0 Å². The van der Waals surface area contributed by atoms with Gasteiger partial charge in [0.1, 0.15) is 5.75 Å². The van der Waals surface area contributed by atoms with Gasteiger partial charge in [0.2, 0.25) is 0 Å². The Hall–Kier alpha value is -1.55. The molecule has 0 amide bonds. The van der Waals surface area contributed by atoms with Crippen LogP contribution >= 0.6 is 11.6 Å². The molecule has 2 rings (SSSR count). The number of hydrogen-bond acceptors (Lipinski definition) is 3. The maximum atomic E-state index is 6.24. The monoisotopic (exact) mass is 276 g/mol. The number of methoxy groups -OCH3 is 1. The molecule has 100 valence electrons. The molecule has 19 heavy (non-hydrogen) atoms. The Morgan fingerprint density at radius 3 is 2.53 bits per heavy atom. The van der Waals surface area contributed by atoms with Crippen LogP contribution in [0.2, 0.25) is 5.02 Å². The molecule has 1 unspecified atom stereocenters. The molecule has 2 aromatic rings. The van der Waals surface area contributed by atoms with E-state index in [1.54, 1.807) is 7.11 Å². The van der Waals surface area contributed by atoms with Gasteiger partial charge in [-0.15, -0.1) is 0 Å². The molecule has 3 nitrogen and oxygen atoms in total. The summed E-state index contributed by atoms with van der Waals surface area (Å²) in [5, 5.41) is 0.674. The summed E-state index contributed by atoms with van der Waals surface area (Å²) in [6, 6.07) is 13.4. The van der Waals surface area contributed by atoms with Gasteiger partial charge in [-0.2, -0.15) is 0 Å². The van der Waals surface area contributed by atoms with Crippen molar-refractivity contribution in [1.29, 1.82) is 0 Å². The summed E-state index contributed by atoms with van der Waals surface area (Å²) in [5.74, 6) is 6.50. The Morgan fingerprint density at radius 2 is 1.89 bits per heavy atom. The lowest BCUT2D eigenvalue weighted by atomic mass is 9.97. The van der Waals surface area contributed by atoms with Crippen molar-refractivity contribution >= 4 is 11.6 Å². The maximum absolute atomic E-state index is 6.24. The smallest absolute Gasteiger partial charge is 0.124 e. The Labute approximate surface area is 118 Å². The van der Waals surface area contributed by atoms with E-state index in [9.17, 15) is 0 Å². The molecule has 0 heterocycles. The fourth-order valence-corrected chi connectivity index (χ4v) is 2.36. The van der Waals surface area contributed by atoms with Crippen LogP contribution in [0.1, 0.15) is 22.7 Å². The minimum absolute atomic E-state index is 0.204. The number of nitrogens with one attached hydrogen (secondary N) is 1. The third-order valence-corrected chi connectivity index (χ3v) is 3.43. The molecule has 0 radical (unpaired) electrons. The average molecular weight is 277 g/mol. The van der Waals surface area contributed by atoms with E-state index in [-0.39, 0.29) is 6.04 Å². The number of aryl methyl sites for hydroxylation is 1. The molecule has 3 N–H and O–H groups in total. The summed E-state index contributed by atoms with van der Waals surface area (Å²) in [4.78, 5) is 0. The molecule has 2 aromatic carbocycles. The zero-order valence-electron chi connectivity index (χ0n) is 11.0. The third kappa shape index (κ3) is 2.89. The quantitative estimate of drug-likeness (QED) is 0.666. The Bertz CT molecular complexity index is 572. The van der Waals surface area contributed by atoms with E-state index in [1.165, 1.54) is 0 Å². The molecule has 0 fully saturated rings. The van der Waals surface area contributed by atoms with Crippen molar-refractivity contribution in [3.63, 3.8) is 0 Å². The van der Waals surface area contributed by atoms with Crippen LogP contribution in [-0.4, -0.2) is 7.11 Å². The zero-order valence-corrected chi connectivity index (χ0v) is 11.7. The summed E-state index contributed by atoms with van der Waals surface area (Å²) in [6.07, 6.45) is 0. The summed E-state index contributed by atoms with van der Waals surface area (Å²) < 4.78 is 5.43. The van der Waals surface area contributed by atoms with Crippen molar-refractivity contribution in [1.82, 2.24) is 5.43 Å². The van der Waals surface area contributed by atoms with Gasteiger partial charge in [0.05, 0.1) is 13.2 Å². The summed E-state index contributed by atoms with van der Waals surface area (Å²) in [5.41, 5.74) is 5.83. The lowest BCUT2D eigenvalue weighted by Gasteiger charge is -2.21. The Kier molecular flexibility index (Phi) is 4.43. The highest BCUT2D eigenvalue weighted by Crippen LogP contribution is 2.33. The van der Waals surface area contributed by atoms with Crippen molar-refractivity contribution in [3.8, 4) is 5.75 Å². The minimum atomic E-state index is -0.204. The van der Waals surface area contributed by atoms with Crippen LogP contribution in [0, 0.1) is 6.92 Å². The van der Waals surface area contributed by atoms with Gasteiger partial charge in [-0.25, -0.2) is 5.43 Å². The Morgan fingerprint density at radius 1 is 1.16 bits per heavy atom. The highest BCUT2D eigenvalue weighted by atomic mass is 35.5. The second kappa shape index (κ2) is 6.06. The highest BCUT2D eigenvalue weighted by molar-refractivity contribution is 6.31. The number of halogens is 1. The standard InChI is InChI=1S/C15H17ClN2O/c1-10-7-8-12(14(9-10)19-2)15(18-17)11-5-3-4-6-13(11)16/h3-9,15,18H,17H2,1-2H3. The van der Waals surface area contributed by atoms with E-state index < -0.39 is 0 Å². The zero-order chi connectivity index (χ0) is 13.8. The maximum Gasteiger partial charge on any atom is 0.124 e. The summed E-state index contributed by atoms with van der Waals surface area (Å²) in [7, 11) is 1.65. The van der Waals surface area contributed by atoms with Gasteiger partial charge in [0.25, 0.3) is 0 Å². The molecular weight excluding hydrogens is 260 g/mol. The van der Waals surface area contributed by atoms with Gasteiger partial charge in [-0.3, -0.25) is 5.84 Å². The van der Waals surface area contributed by atoms with Gasteiger partial charge in [-0.05, 0) is 30.2 Å². The molecule has 0 aliphatic heterocycles. The van der Waals surface area contributed by atoms with Crippen LogP contribution in [-0.2, 0) is 0 Å². The number of rotatable bonds is 4. The third-order valence-electron chi connectivity index (χ3n) is 3.08. The predicted octanol–water partition coefficient (Wildman–Crippen LogP) is 3.21. The number of hydrazine groups is 1. The lowest BCUT2D eigenvalue weighted by Crippen LogP contribution is -2.29. The van der Waals surface area contributed by atoms with Gasteiger partial charge in [0.15, 0.2) is 0 Å². The molecule has 0 aromatic heterocycles. The number of benzene rings is 2. The van der Waals surface area contributed by atoms with E-state index >= 15 is 0 Å². The van der Waals surface area contributed by atoms with Crippen molar-refractivity contribution in [2.45, 2.75) is 13.0 Å². The minimum Gasteiger partial charge on any atom is -0.496 e.